The van der Waals surface area contributed by atoms with Crippen LogP contribution in [-0.4, -0.2) is 30.6 Å². The van der Waals surface area contributed by atoms with Gasteiger partial charge < -0.3 is 10.5 Å². The molecule has 0 amide bonds. The normalized spacial score (nSPS) is 27.2. The third-order valence-corrected chi connectivity index (χ3v) is 4.57. The molecule has 1 aliphatic carbocycles. The molecule has 1 heterocycles. The van der Waals surface area contributed by atoms with E-state index in [1.54, 1.807) is 12.1 Å². The maximum Gasteiger partial charge on any atom is 0.387 e. The Morgan fingerprint density at radius 3 is 2.70 bits per heavy atom. The van der Waals surface area contributed by atoms with E-state index in [-0.39, 0.29) is 11.8 Å². The fourth-order valence-corrected chi connectivity index (χ4v) is 3.74. The van der Waals surface area contributed by atoms with Crippen LogP contribution >= 0.6 is 0 Å². The van der Waals surface area contributed by atoms with Gasteiger partial charge in [-0.15, -0.1) is 0 Å². The average molecular weight is 282 g/mol. The van der Waals surface area contributed by atoms with E-state index >= 15 is 0 Å². The van der Waals surface area contributed by atoms with Gasteiger partial charge in [0.2, 0.25) is 0 Å². The number of hydrogen-bond acceptors (Lipinski definition) is 3. The van der Waals surface area contributed by atoms with E-state index in [9.17, 15) is 8.78 Å². The number of rotatable bonds is 5. The van der Waals surface area contributed by atoms with Gasteiger partial charge in [-0.25, -0.2) is 0 Å². The van der Waals surface area contributed by atoms with Crippen LogP contribution in [0, 0.1) is 5.92 Å². The Kier molecular flexibility index (Phi) is 3.89. The largest absolute Gasteiger partial charge is 0.434 e. The lowest BCUT2D eigenvalue weighted by atomic mass is 10.0. The quantitative estimate of drug-likeness (QED) is 0.902. The van der Waals surface area contributed by atoms with Crippen molar-refractivity contribution in [2.45, 2.75) is 38.0 Å². The summed E-state index contributed by atoms with van der Waals surface area (Å²) in [5.41, 5.74) is 6.71. The first kappa shape index (κ1) is 13.8. The molecule has 5 heteroatoms. The van der Waals surface area contributed by atoms with Crippen molar-refractivity contribution in [2.24, 2.45) is 11.7 Å². The molecule has 2 aliphatic rings. The van der Waals surface area contributed by atoms with Crippen molar-refractivity contribution in [2.75, 3.05) is 13.1 Å². The Bertz CT molecular complexity index is 469. The summed E-state index contributed by atoms with van der Waals surface area (Å²) in [6, 6.07) is 7.53. The van der Waals surface area contributed by atoms with Gasteiger partial charge in [0.15, 0.2) is 0 Å². The monoisotopic (exact) mass is 282 g/mol. The highest BCUT2D eigenvalue weighted by atomic mass is 19.3. The Balaban J connectivity index is 1.85. The Labute approximate surface area is 117 Å². The summed E-state index contributed by atoms with van der Waals surface area (Å²) >= 11 is 0. The number of hydrogen-bond donors (Lipinski definition) is 1. The number of ether oxygens (including phenoxy) is 1. The highest BCUT2D eigenvalue weighted by Crippen LogP contribution is 2.43. The maximum absolute atomic E-state index is 12.5. The predicted molar refractivity (Wildman–Crippen MR) is 72.7 cm³/mol. The van der Waals surface area contributed by atoms with Crippen molar-refractivity contribution in [1.29, 1.82) is 0 Å². The summed E-state index contributed by atoms with van der Waals surface area (Å²) < 4.78 is 29.7. The first-order valence-corrected chi connectivity index (χ1v) is 7.18. The molecule has 2 bridgehead atoms. The molecule has 2 fully saturated rings. The zero-order valence-corrected chi connectivity index (χ0v) is 11.3. The van der Waals surface area contributed by atoms with Crippen LogP contribution in [0.1, 0.15) is 30.9 Å². The zero-order valence-electron chi connectivity index (χ0n) is 11.3. The topological polar surface area (TPSA) is 38.5 Å². The molecule has 3 nitrogen and oxygen atoms in total. The minimum absolute atomic E-state index is 0.0275. The van der Waals surface area contributed by atoms with Crippen LogP contribution in [-0.2, 0) is 0 Å². The second-order valence-corrected chi connectivity index (χ2v) is 5.70. The third kappa shape index (κ3) is 2.52. The van der Waals surface area contributed by atoms with Gasteiger partial charge >= 0.3 is 6.61 Å². The molecule has 1 saturated heterocycles. The molecule has 110 valence electrons. The molecule has 1 aromatic carbocycles. The number of piperidine rings is 1. The molecule has 2 N–H and O–H groups in total. The molecule has 1 aromatic rings. The van der Waals surface area contributed by atoms with Gasteiger partial charge in [-0.05, 0) is 31.2 Å². The summed E-state index contributed by atoms with van der Waals surface area (Å²) in [5.74, 6) is 0.998. The maximum atomic E-state index is 12.5. The summed E-state index contributed by atoms with van der Waals surface area (Å²) in [6.07, 6.45) is 3.70. The molecule has 20 heavy (non-hydrogen) atoms. The summed E-state index contributed by atoms with van der Waals surface area (Å²) in [7, 11) is 0. The minimum Gasteiger partial charge on any atom is -0.434 e. The summed E-state index contributed by atoms with van der Waals surface area (Å²) in [5, 5.41) is 0. The van der Waals surface area contributed by atoms with Crippen molar-refractivity contribution in [3.63, 3.8) is 0 Å². The molecule has 1 saturated carbocycles. The van der Waals surface area contributed by atoms with Gasteiger partial charge in [-0.3, -0.25) is 4.90 Å². The molecular formula is C15H20F2N2O. The molecule has 3 unspecified atom stereocenters. The first-order valence-electron chi connectivity index (χ1n) is 7.18. The summed E-state index contributed by atoms with van der Waals surface area (Å²) in [6.45, 7) is -1.35. The highest BCUT2D eigenvalue weighted by molar-refractivity contribution is 5.36. The van der Waals surface area contributed by atoms with E-state index in [0.717, 1.165) is 18.0 Å². The van der Waals surface area contributed by atoms with Gasteiger partial charge in [-0.2, -0.15) is 8.78 Å². The van der Waals surface area contributed by atoms with Crippen molar-refractivity contribution in [3.8, 4) is 5.75 Å². The standard InChI is InChI=1S/C15H20F2N2O/c16-15(17)20-14-4-2-1-3-12(14)13(8-18)19-9-10-5-6-11(19)7-10/h1-4,10-11,13,15H,5-9,18H2. The van der Waals surface area contributed by atoms with E-state index in [4.69, 9.17) is 5.73 Å². The minimum atomic E-state index is -2.80. The van der Waals surface area contributed by atoms with E-state index in [1.807, 2.05) is 12.1 Å². The van der Waals surface area contributed by atoms with E-state index in [0.29, 0.717) is 12.6 Å². The molecule has 0 spiro atoms. The number of para-hydroxylation sites is 1. The lowest BCUT2D eigenvalue weighted by Crippen LogP contribution is -2.39. The molecular weight excluding hydrogens is 262 g/mol. The predicted octanol–water partition coefficient (Wildman–Crippen LogP) is 2.77. The van der Waals surface area contributed by atoms with Crippen LogP contribution in [0.15, 0.2) is 24.3 Å². The van der Waals surface area contributed by atoms with Gasteiger partial charge in [0.1, 0.15) is 5.75 Å². The molecule has 1 aliphatic heterocycles. The van der Waals surface area contributed by atoms with E-state index in [1.165, 1.54) is 19.3 Å². The first-order chi connectivity index (χ1) is 9.69. The SMILES string of the molecule is NCC(c1ccccc1OC(F)F)N1CC2CCC1C2. The van der Waals surface area contributed by atoms with Crippen LogP contribution < -0.4 is 10.5 Å². The summed E-state index contributed by atoms with van der Waals surface area (Å²) in [4.78, 5) is 2.38. The molecule has 3 rings (SSSR count). The van der Waals surface area contributed by atoms with Gasteiger partial charge in [-0.1, -0.05) is 18.2 Å². The zero-order chi connectivity index (χ0) is 14.1. The van der Waals surface area contributed by atoms with E-state index < -0.39 is 6.61 Å². The Morgan fingerprint density at radius 2 is 2.10 bits per heavy atom. The van der Waals surface area contributed by atoms with Crippen molar-refractivity contribution >= 4 is 0 Å². The Morgan fingerprint density at radius 1 is 1.30 bits per heavy atom. The van der Waals surface area contributed by atoms with Crippen molar-refractivity contribution in [3.05, 3.63) is 29.8 Å². The highest BCUT2D eigenvalue weighted by Gasteiger charge is 2.41. The number of nitrogens with zero attached hydrogens (tertiary/aromatic N) is 1. The molecule has 0 aromatic heterocycles. The number of fused-ring (bicyclic) bond motifs is 2. The number of nitrogens with two attached hydrogens (primary N) is 1. The van der Waals surface area contributed by atoms with Crippen LogP contribution in [0.3, 0.4) is 0 Å². The second kappa shape index (κ2) is 5.66. The second-order valence-electron chi connectivity index (χ2n) is 5.70. The van der Waals surface area contributed by atoms with Crippen LogP contribution in [0.5, 0.6) is 5.75 Å². The van der Waals surface area contributed by atoms with Crippen LogP contribution in [0.25, 0.3) is 0 Å². The fraction of sp³-hybridized carbons (Fsp3) is 0.600. The number of halogens is 2. The van der Waals surface area contributed by atoms with Crippen LogP contribution in [0.2, 0.25) is 0 Å². The molecule has 0 radical (unpaired) electrons. The van der Waals surface area contributed by atoms with Crippen molar-refractivity contribution in [1.82, 2.24) is 4.90 Å². The van der Waals surface area contributed by atoms with Gasteiger partial charge in [0, 0.05) is 24.7 Å². The number of likely N-dealkylation sites (tertiary alicyclic amines) is 1. The Hall–Kier alpha value is -1.20. The van der Waals surface area contributed by atoms with Crippen molar-refractivity contribution < 1.29 is 13.5 Å². The molecule has 3 atom stereocenters. The number of benzene rings is 1. The lowest BCUT2D eigenvalue weighted by molar-refractivity contribution is -0.0513. The van der Waals surface area contributed by atoms with Gasteiger partial charge in [0.05, 0.1) is 6.04 Å². The van der Waals surface area contributed by atoms with E-state index in [2.05, 4.69) is 9.64 Å². The van der Waals surface area contributed by atoms with Crippen LogP contribution in [0.4, 0.5) is 8.78 Å². The smallest absolute Gasteiger partial charge is 0.387 e. The third-order valence-electron chi connectivity index (χ3n) is 4.57. The average Bonchev–Trinajstić information content (AvgIpc) is 3.03. The number of alkyl halides is 2. The van der Waals surface area contributed by atoms with Gasteiger partial charge in [0.25, 0.3) is 0 Å². The fourth-order valence-electron chi connectivity index (χ4n) is 3.74. The lowest BCUT2D eigenvalue weighted by Gasteiger charge is -2.35.